The van der Waals surface area contributed by atoms with Crippen molar-refractivity contribution in [2.45, 2.75) is 70.3 Å². The molecule has 3 heteroatoms. The van der Waals surface area contributed by atoms with Crippen LogP contribution in [0.2, 0.25) is 0 Å². The molecule has 1 unspecified atom stereocenters. The van der Waals surface area contributed by atoms with E-state index in [1.165, 1.54) is 51.4 Å². The van der Waals surface area contributed by atoms with Gasteiger partial charge in [-0.2, -0.15) is 0 Å². The number of rotatable bonds is 4. The summed E-state index contributed by atoms with van der Waals surface area (Å²) in [6, 6.07) is 0. The number of hydrogen-bond acceptors (Lipinski definition) is 2. The highest BCUT2D eigenvalue weighted by Crippen LogP contribution is 2.26. The summed E-state index contributed by atoms with van der Waals surface area (Å²) in [5.41, 5.74) is -0.315. The predicted molar refractivity (Wildman–Crippen MR) is 74.5 cm³/mol. The molecule has 1 saturated heterocycles. The van der Waals surface area contributed by atoms with Crippen LogP contribution in [-0.4, -0.2) is 24.5 Å². The van der Waals surface area contributed by atoms with Gasteiger partial charge in [-0.25, -0.2) is 0 Å². The molecule has 0 spiro atoms. The van der Waals surface area contributed by atoms with Gasteiger partial charge in [-0.3, -0.25) is 4.79 Å². The van der Waals surface area contributed by atoms with Crippen LogP contribution in [-0.2, 0) is 4.79 Å². The second kappa shape index (κ2) is 6.55. The largest absolute Gasteiger partial charge is 0.354 e. The van der Waals surface area contributed by atoms with Gasteiger partial charge in [0.1, 0.15) is 0 Å². The summed E-state index contributed by atoms with van der Waals surface area (Å²) in [4.78, 5) is 12.2. The van der Waals surface area contributed by atoms with Crippen LogP contribution in [0.15, 0.2) is 0 Å². The van der Waals surface area contributed by atoms with E-state index in [0.717, 1.165) is 25.4 Å². The van der Waals surface area contributed by atoms with Gasteiger partial charge in [0.05, 0.1) is 5.54 Å². The fraction of sp³-hybridized carbons (Fsp3) is 0.933. The Bertz CT molecular complexity index is 266. The van der Waals surface area contributed by atoms with Gasteiger partial charge in [0.25, 0.3) is 0 Å². The molecule has 1 aliphatic carbocycles. The normalized spacial score (nSPS) is 30.1. The lowest BCUT2D eigenvalue weighted by molar-refractivity contribution is -0.128. The molecular weight excluding hydrogens is 224 g/mol. The third kappa shape index (κ3) is 3.71. The van der Waals surface area contributed by atoms with Gasteiger partial charge in [-0.15, -0.1) is 0 Å². The Labute approximate surface area is 111 Å². The molecule has 2 N–H and O–H groups in total. The minimum atomic E-state index is -0.315. The van der Waals surface area contributed by atoms with Crippen LogP contribution >= 0.6 is 0 Å². The van der Waals surface area contributed by atoms with E-state index >= 15 is 0 Å². The minimum Gasteiger partial charge on any atom is -0.354 e. The number of nitrogens with one attached hydrogen (secondary N) is 2. The third-order valence-electron chi connectivity index (χ3n) is 4.68. The van der Waals surface area contributed by atoms with Gasteiger partial charge < -0.3 is 10.6 Å². The SMILES string of the molecule is CC1(C(=O)NCCC2CCCCC2)CCCCN1. The van der Waals surface area contributed by atoms with E-state index in [1.54, 1.807) is 0 Å². The van der Waals surface area contributed by atoms with Crippen molar-refractivity contribution in [1.29, 1.82) is 0 Å². The maximum absolute atomic E-state index is 12.2. The van der Waals surface area contributed by atoms with Gasteiger partial charge >= 0.3 is 0 Å². The predicted octanol–water partition coefficient (Wildman–Crippen LogP) is 2.61. The molecule has 1 aliphatic heterocycles. The summed E-state index contributed by atoms with van der Waals surface area (Å²) < 4.78 is 0. The zero-order valence-electron chi connectivity index (χ0n) is 11.8. The molecule has 0 bridgehead atoms. The average molecular weight is 252 g/mol. The lowest BCUT2D eigenvalue weighted by atomic mass is 9.86. The van der Waals surface area contributed by atoms with Gasteiger partial charge in [-0.1, -0.05) is 32.1 Å². The zero-order chi connectivity index (χ0) is 12.8. The second-order valence-electron chi connectivity index (χ2n) is 6.26. The smallest absolute Gasteiger partial charge is 0.240 e. The van der Waals surface area contributed by atoms with Crippen LogP contribution in [0.25, 0.3) is 0 Å². The maximum atomic E-state index is 12.2. The Morgan fingerprint density at radius 2 is 2.00 bits per heavy atom. The lowest BCUT2D eigenvalue weighted by Gasteiger charge is -2.33. The Morgan fingerprint density at radius 3 is 2.67 bits per heavy atom. The molecular formula is C15H28N2O. The standard InChI is InChI=1S/C15H28N2O/c1-15(10-5-6-11-17-15)14(18)16-12-9-13-7-3-2-4-8-13/h13,17H,2-12H2,1H3,(H,16,18). The van der Waals surface area contributed by atoms with Gasteiger partial charge in [0.2, 0.25) is 5.91 Å². The van der Waals surface area contributed by atoms with Crippen LogP contribution in [0.1, 0.15) is 64.7 Å². The maximum Gasteiger partial charge on any atom is 0.240 e. The molecule has 1 amide bonds. The molecule has 0 radical (unpaired) electrons. The molecule has 1 atom stereocenters. The Kier molecular flexibility index (Phi) is 5.04. The molecule has 104 valence electrons. The summed E-state index contributed by atoms with van der Waals surface area (Å²) in [6.07, 6.45) is 11.4. The molecule has 1 saturated carbocycles. The summed E-state index contributed by atoms with van der Waals surface area (Å²) >= 11 is 0. The first kappa shape index (κ1) is 13.9. The number of amides is 1. The number of carbonyl (C=O) groups is 1. The molecule has 2 fully saturated rings. The molecule has 0 aromatic carbocycles. The van der Waals surface area contributed by atoms with Gasteiger partial charge in [0, 0.05) is 6.54 Å². The number of carbonyl (C=O) groups excluding carboxylic acids is 1. The highest BCUT2D eigenvalue weighted by molar-refractivity contribution is 5.85. The van der Waals surface area contributed by atoms with Gasteiger partial charge in [-0.05, 0) is 45.1 Å². The molecule has 0 aromatic heterocycles. The molecule has 2 rings (SSSR count). The van der Waals surface area contributed by atoms with Crippen molar-refractivity contribution in [3.8, 4) is 0 Å². The first-order chi connectivity index (χ1) is 8.71. The first-order valence-corrected chi connectivity index (χ1v) is 7.74. The Balaban J connectivity index is 1.67. The lowest BCUT2D eigenvalue weighted by Crippen LogP contribution is -2.57. The van der Waals surface area contributed by atoms with E-state index in [1.807, 2.05) is 6.92 Å². The number of hydrogen-bond donors (Lipinski definition) is 2. The van der Waals surface area contributed by atoms with Crippen molar-refractivity contribution in [1.82, 2.24) is 10.6 Å². The first-order valence-electron chi connectivity index (χ1n) is 7.74. The van der Waals surface area contributed by atoms with Crippen LogP contribution in [0, 0.1) is 5.92 Å². The fourth-order valence-electron chi connectivity index (χ4n) is 3.31. The van der Waals surface area contributed by atoms with Crippen molar-refractivity contribution < 1.29 is 4.79 Å². The second-order valence-corrected chi connectivity index (χ2v) is 6.26. The van der Waals surface area contributed by atoms with Crippen molar-refractivity contribution in [3.05, 3.63) is 0 Å². The summed E-state index contributed by atoms with van der Waals surface area (Å²) in [7, 11) is 0. The van der Waals surface area contributed by atoms with E-state index in [9.17, 15) is 4.79 Å². The summed E-state index contributed by atoms with van der Waals surface area (Å²) in [5, 5.41) is 6.51. The van der Waals surface area contributed by atoms with Crippen LogP contribution in [0.5, 0.6) is 0 Å². The van der Waals surface area contributed by atoms with Crippen molar-refractivity contribution >= 4 is 5.91 Å². The Morgan fingerprint density at radius 1 is 1.22 bits per heavy atom. The fourth-order valence-corrected chi connectivity index (χ4v) is 3.31. The summed E-state index contributed by atoms with van der Waals surface area (Å²) in [6.45, 7) is 3.88. The molecule has 18 heavy (non-hydrogen) atoms. The molecule has 0 aromatic rings. The third-order valence-corrected chi connectivity index (χ3v) is 4.68. The van der Waals surface area contributed by atoms with E-state index in [4.69, 9.17) is 0 Å². The molecule has 2 aliphatic rings. The highest BCUT2D eigenvalue weighted by atomic mass is 16.2. The average Bonchev–Trinajstić information content (AvgIpc) is 2.41. The van der Waals surface area contributed by atoms with E-state index in [-0.39, 0.29) is 11.4 Å². The van der Waals surface area contributed by atoms with Gasteiger partial charge in [0.15, 0.2) is 0 Å². The molecule has 3 nitrogen and oxygen atoms in total. The van der Waals surface area contributed by atoms with Crippen LogP contribution in [0.3, 0.4) is 0 Å². The number of piperidine rings is 1. The van der Waals surface area contributed by atoms with E-state index < -0.39 is 0 Å². The van der Waals surface area contributed by atoms with Crippen molar-refractivity contribution in [2.24, 2.45) is 5.92 Å². The topological polar surface area (TPSA) is 41.1 Å². The quantitative estimate of drug-likeness (QED) is 0.807. The van der Waals surface area contributed by atoms with Crippen LogP contribution in [0.4, 0.5) is 0 Å². The molecule has 1 heterocycles. The van der Waals surface area contributed by atoms with Crippen molar-refractivity contribution in [3.63, 3.8) is 0 Å². The van der Waals surface area contributed by atoms with E-state index in [0.29, 0.717) is 0 Å². The monoisotopic (exact) mass is 252 g/mol. The zero-order valence-corrected chi connectivity index (χ0v) is 11.8. The minimum absolute atomic E-state index is 0.206. The van der Waals surface area contributed by atoms with Crippen LogP contribution < -0.4 is 10.6 Å². The highest BCUT2D eigenvalue weighted by Gasteiger charge is 2.33. The van der Waals surface area contributed by atoms with Crippen molar-refractivity contribution in [2.75, 3.05) is 13.1 Å². The Hall–Kier alpha value is -0.570. The summed E-state index contributed by atoms with van der Waals surface area (Å²) in [5.74, 6) is 1.06. The van der Waals surface area contributed by atoms with E-state index in [2.05, 4.69) is 10.6 Å².